The smallest absolute Gasteiger partial charge is 0.224 e. The highest BCUT2D eigenvalue weighted by molar-refractivity contribution is 9.10. The van der Waals surface area contributed by atoms with E-state index in [0.717, 1.165) is 20.4 Å². The van der Waals surface area contributed by atoms with E-state index < -0.39 is 0 Å². The molecule has 128 valence electrons. The fourth-order valence-corrected chi connectivity index (χ4v) is 3.11. The first kappa shape index (κ1) is 19.0. The molecule has 1 N–H and O–H groups in total. The zero-order chi connectivity index (χ0) is 17.5. The Balaban J connectivity index is 1.75. The van der Waals surface area contributed by atoms with Gasteiger partial charge < -0.3 is 10.1 Å². The third-order valence-corrected chi connectivity index (χ3v) is 4.65. The molecule has 2 aromatic rings. The highest BCUT2D eigenvalue weighted by Crippen LogP contribution is 2.29. The van der Waals surface area contributed by atoms with Crippen LogP contribution in [0.2, 0.25) is 0 Å². The van der Waals surface area contributed by atoms with Crippen molar-refractivity contribution in [1.82, 2.24) is 0 Å². The Morgan fingerprint density at radius 1 is 1.17 bits per heavy atom. The summed E-state index contributed by atoms with van der Waals surface area (Å²) in [6.45, 7) is 4.82. The predicted molar refractivity (Wildman–Crippen MR) is 106 cm³/mol. The maximum atomic E-state index is 11.9. The highest BCUT2D eigenvalue weighted by Gasteiger charge is 2.07. The molecule has 0 atom stereocenters. The monoisotopic (exact) mass is 453 g/mol. The van der Waals surface area contributed by atoms with E-state index in [-0.39, 0.29) is 5.91 Å². The molecular weight excluding hydrogens is 434 g/mol. The lowest BCUT2D eigenvalue weighted by molar-refractivity contribution is -0.116. The largest absolute Gasteiger partial charge is 0.492 e. The average molecular weight is 455 g/mol. The molecule has 5 heteroatoms. The molecule has 0 aromatic heterocycles. The van der Waals surface area contributed by atoms with Gasteiger partial charge in [-0.15, -0.1) is 0 Å². The lowest BCUT2D eigenvalue weighted by Gasteiger charge is -2.11. The standard InChI is InChI=1S/C19H21Br2NO2/c1-13(2)14-8-9-18(17(21)11-14)24-10-4-7-19(23)22-16-6-3-5-15(20)12-16/h3,5-6,8-9,11-13H,4,7,10H2,1-2H3,(H,22,23). The van der Waals surface area contributed by atoms with Crippen LogP contribution in [0, 0.1) is 0 Å². The molecule has 0 unspecified atom stereocenters. The second-order valence-electron chi connectivity index (χ2n) is 5.86. The number of amides is 1. The summed E-state index contributed by atoms with van der Waals surface area (Å²) >= 11 is 6.93. The van der Waals surface area contributed by atoms with E-state index in [1.165, 1.54) is 5.56 Å². The highest BCUT2D eigenvalue weighted by atomic mass is 79.9. The first-order valence-corrected chi connectivity index (χ1v) is 9.52. The lowest BCUT2D eigenvalue weighted by Crippen LogP contribution is -2.12. The van der Waals surface area contributed by atoms with E-state index in [1.807, 2.05) is 30.3 Å². The minimum absolute atomic E-state index is 0.00841. The molecule has 3 nitrogen and oxygen atoms in total. The van der Waals surface area contributed by atoms with Crippen molar-refractivity contribution in [2.75, 3.05) is 11.9 Å². The number of nitrogens with one attached hydrogen (secondary N) is 1. The molecule has 0 heterocycles. The SMILES string of the molecule is CC(C)c1ccc(OCCCC(=O)Nc2cccc(Br)c2)c(Br)c1. The van der Waals surface area contributed by atoms with Gasteiger partial charge in [0.2, 0.25) is 5.91 Å². The van der Waals surface area contributed by atoms with Gasteiger partial charge in [-0.05, 0) is 64.2 Å². The first-order valence-electron chi connectivity index (χ1n) is 7.93. The molecule has 0 saturated carbocycles. The van der Waals surface area contributed by atoms with Gasteiger partial charge in [0.25, 0.3) is 0 Å². The minimum atomic E-state index is -0.00841. The summed E-state index contributed by atoms with van der Waals surface area (Å²) in [6.07, 6.45) is 1.09. The van der Waals surface area contributed by atoms with Crippen LogP contribution < -0.4 is 10.1 Å². The van der Waals surface area contributed by atoms with Crippen LogP contribution in [0.4, 0.5) is 5.69 Å². The Labute approximate surface area is 160 Å². The molecule has 0 radical (unpaired) electrons. The number of hydrogen-bond donors (Lipinski definition) is 1. The fraction of sp³-hybridized carbons (Fsp3) is 0.316. The summed E-state index contributed by atoms with van der Waals surface area (Å²) in [6, 6.07) is 13.7. The van der Waals surface area contributed by atoms with Crippen molar-refractivity contribution >= 4 is 43.5 Å². The minimum Gasteiger partial charge on any atom is -0.492 e. The second-order valence-corrected chi connectivity index (χ2v) is 7.63. The Morgan fingerprint density at radius 3 is 2.62 bits per heavy atom. The van der Waals surface area contributed by atoms with Crippen molar-refractivity contribution in [3.63, 3.8) is 0 Å². The van der Waals surface area contributed by atoms with Crippen LogP contribution >= 0.6 is 31.9 Å². The molecule has 1 amide bonds. The summed E-state index contributed by atoms with van der Waals surface area (Å²) in [5, 5.41) is 2.88. The van der Waals surface area contributed by atoms with Crippen LogP contribution in [0.1, 0.15) is 38.2 Å². The molecule has 2 rings (SSSR count). The second kappa shape index (κ2) is 9.23. The number of ether oxygens (including phenoxy) is 1. The fourth-order valence-electron chi connectivity index (χ4n) is 2.20. The van der Waals surface area contributed by atoms with Crippen molar-refractivity contribution in [2.24, 2.45) is 0 Å². The van der Waals surface area contributed by atoms with E-state index in [2.05, 4.69) is 63.2 Å². The maximum absolute atomic E-state index is 11.9. The molecule has 0 spiro atoms. The van der Waals surface area contributed by atoms with Crippen molar-refractivity contribution in [2.45, 2.75) is 32.6 Å². The summed E-state index contributed by atoms with van der Waals surface area (Å²) in [5.41, 5.74) is 2.06. The average Bonchev–Trinajstić information content (AvgIpc) is 2.52. The predicted octanol–water partition coefficient (Wildman–Crippen LogP) is 6.13. The van der Waals surface area contributed by atoms with Crippen LogP contribution in [0.5, 0.6) is 5.75 Å². The lowest BCUT2D eigenvalue weighted by atomic mass is 10.0. The number of halogens is 2. The van der Waals surface area contributed by atoms with Crippen LogP contribution in [-0.2, 0) is 4.79 Å². The molecule has 0 fully saturated rings. The Morgan fingerprint density at radius 2 is 1.96 bits per heavy atom. The van der Waals surface area contributed by atoms with Gasteiger partial charge in [-0.2, -0.15) is 0 Å². The van der Waals surface area contributed by atoms with Crippen LogP contribution in [0.15, 0.2) is 51.4 Å². The molecule has 24 heavy (non-hydrogen) atoms. The van der Waals surface area contributed by atoms with E-state index in [0.29, 0.717) is 25.4 Å². The molecule has 0 aliphatic heterocycles. The number of anilines is 1. The molecular formula is C19H21Br2NO2. The van der Waals surface area contributed by atoms with Gasteiger partial charge in [-0.25, -0.2) is 0 Å². The Kier molecular flexibility index (Phi) is 7.31. The Hall–Kier alpha value is -1.33. The first-order chi connectivity index (χ1) is 11.5. The van der Waals surface area contributed by atoms with Gasteiger partial charge in [0.1, 0.15) is 5.75 Å². The maximum Gasteiger partial charge on any atom is 0.224 e. The van der Waals surface area contributed by atoms with Crippen LogP contribution in [0.25, 0.3) is 0 Å². The summed E-state index contributed by atoms with van der Waals surface area (Å²) in [5.74, 6) is 1.29. The molecule has 2 aromatic carbocycles. The van der Waals surface area contributed by atoms with Gasteiger partial charge in [0, 0.05) is 16.6 Å². The van der Waals surface area contributed by atoms with Crippen molar-refractivity contribution in [3.05, 3.63) is 57.0 Å². The quantitative estimate of drug-likeness (QED) is 0.510. The van der Waals surface area contributed by atoms with E-state index in [1.54, 1.807) is 0 Å². The van der Waals surface area contributed by atoms with Crippen molar-refractivity contribution in [1.29, 1.82) is 0 Å². The van der Waals surface area contributed by atoms with Crippen molar-refractivity contribution < 1.29 is 9.53 Å². The van der Waals surface area contributed by atoms with Crippen molar-refractivity contribution in [3.8, 4) is 5.75 Å². The number of hydrogen-bond acceptors (Lipinski definition) is 2. The topological polar surface area (TPSA) is 38.3 Å². The molecule has 0 bridgehead atoms. The number of rotatable bonds is 7. The van der Waals surface area contributed by atoms with E-state index in [9.17, 15) is 4.79 Å². The van der Waals surface area contributed by atoms with Gasteiger partial charge in [-0.3, -0.25) is 4.79 Å². The third-order valence-electron chi connectivity index (χ3n) is 3.54. The van der Waals surface area contributed by atoms with E-state index >= 15 is 0 Å². The van der Waals surface area contributed by atoms with Gasteiger partial charge in [-0.1, -0.05) is 41.9 Å². The summed E-state index contributed by atoms with van der Waals surface area (Å²) < 4.78 is 7.65. The van der Waals surface area contributed by atoms with Gasteiger partial charge >= 0.3 is 0 Å². The third kappa shape index (κ3) is 5.95. The summed E-state index contributed by atoms with van der Waals surface area (Å²) in [7, 11) is 0. The number of benzene rings is 2. The normalized spacial score (nSPS) is 10.7. The number of carbonyl (C=O) groups excluding carboxylic acids is 1. The van der Waals surface area contributed by atoms with Crippen LogP contribution in [-0.4, -0.2) is 12.5 Å². The number of carbonyl (C=O) groups is 1. The van der Waals surface area contributed by atoms with Gasteiger partial charge in [0.05, 0.1) is 11.1 Å². The van der Waals surface area contributed by atoms with E-state index in [4.69, 9.17) is 4.74 Å². The zero-order valence-electron chi connectivity index (χ0n) is 13.8. The van der Waals surface area contributed by atoms with Crippen LogP contribution in [0.3, 0.4) is 0 Å². The molecule has 0 saturated heterocycles. The molecule has 0 aliphatic rings. The Bertz CT molecular complexity index is 702. The van der Waals surface area contributed by atoms with Gasteiger partial charge in [0.15, 0.2) is 0 Å². The zero-order valence-corrected chi connectivity index (χ0v) is 17.0. The molecule has 0 aliphatic carbocycles. The summed E-state index contributed by atoms with van der Waals surface area (Å²) in [4.78, 5) is 11.9.